The molecule has 1 aromatic heterocycles. The van der Waals surface area contributed by atoms with Crippen molar-refractivity contribution in [3.8, 4) is 11.3 Å². The molecule has 0 aliphatic heterocycles. The second kappa shape index (κ2) is 6.84. The Morgan fingerprint density at radius 2 is 1.43 bits per heavy atom. The first-order chi connectivity index (χ1) is 12.9. The summed E-state index contributed by atoms with van der Waals surface area (Å²) >= 11 is 0. The number of hydrogen-bond donors (Lipinski definition) is 0. The number of aromatic nitrogens is 1. The number of benzene rings is 2. The van der Waals surface area contributed by atoms with Crippen molar-refractivity contribution in [2.24, 2.45) is 7.05 Å². The number of hydrogen-bond acceptors (Lipinski definition) is 0. The quantitative estimate of drug-likeness (QED) is 0.346. The maximum absolute atomic E-state index is 2.57. The van der Waals surface area contributed by atoms with Crippen molar-refractivity contribution in [1.82, 2.24) is 0 Å². The molecular formula is C26H36NSi+. The third-order valence-electron chi connectivity index (χ3n) is 7.11. The van der Waals surface area contributed by atoms with Gasteiger partial charge in [-0.1, -0.05) is 83.6 Å². The minimum absolute atomic E-state index is 0.289. The van der Waals surface area contributed by atoms with E-state index in [1.165, 1.54) is 27.6 Å². The van der Waals surface area contributed by atoms with Crippen molar-refractivity contribution in [2.75, 3.05) is 0 Å². The van der Waals surface area contributed by atoms with Crippen molar-refractivity contribution in [3.05, 3.63) is 60.3 Å². The summed E-state index contributed by atoms with van der Waals surface area (Å²) in [5, 5.41) is 4.82. The highest BCUT2D eigenvalue weighted by atomic mass is 28.3. The second-order valence-corrected chi connectivity index (χ2v) is 16.3. The topological polar surface area (TPSA) is 3.88 Å². The van der Waals surface area contributed by atoms with Crippen LogP contribution >= 0.6 is 0 Å². The van der Waals surface area contributed by atoms with E-state index >= 15 is 0 Å². The fraction of sp³-hybridized carbons (Fsp3) is 0.423. The highest BCUT2D eigenvalue weighted by Crippen LogP contribution is 2.50. The smallest absolute Gasteiger partial charge is 0.200 e. The lowest BCUT2D eigenvalue weighted by atomic mass is 10.00. The molecule has 0 N–H and O–H groups in total. The van der Waals surface area contributed by atoms with E-state index in [9.17, 15) is 0 Å². The monoisotopic (exact) mass is 390 g/mol. The molecule has 3 rings (SSSR count). The van der Waals surface area contributed by atoms with E-state index < -0.39 is 8.07 Å². The number of aryl methyl sites for hydroxylation is 2. The molecule has 0 atom stereocenters. The molecule has 0 aliphatic carbocycles. The normalized spacial score (nSPS) is 13.2. The first-order valence-electron chi connectivity index (χ1n) is 10.4. The minimum atomic E-state index is -1.77. The number of rotatable bonds is 2. The molecule has 1 nitrogen and oxygen atoms in total. The second-order valence-electron chi connectivity index (χ2n) is 10.5. The molecule has 148 valence electrons. The molecule has 0 bridgehead atoms. The van der Waals surface area contributed by atoms with Crippen LogP contribution < -0.4 is 9.75 Å². The molecule has 0 amide bonds. The van der Waals surface area contributed by atoms with E-state index in [0.29, 0.717) is 0 Å². The van der Waals surface area contributed by atoms with Gasteiger partial charge in [0.25, 0.3) is 0 Å². The van der Waals surface area contributed by atoms with E-state index in [0.717, 1.165) is 0 Å². The van der Waals surface area contributed by atoms with Crippen LogP contribution in [-0.2, 0) is 7.05 Å². The summed E-state index contributed by atoms with van der Waals surface area (Å²) in [6.07, 6.45) is 2.21. The summed E-state index contributed by atoms with van der Waals surface area (Å²) in [5.41, 5.74) is 3.94. The third-order valence-corrected chi connectivity index (χ3v) is 14.6. The summed E-state index contributed by atoms with van der Waals surface area (Å²) in [4.78, 5) is 0. The van der Waals surface area contributed by atoms with Gasteiger partial charge in [-0.2, -0.15) is 0 Å². The molecule has 0 radical (unpaired) electrons. The van der Waals surface area contributed by atoms with Crippen LogP contribution in [0.1, 0.15) is 47.1 Å². The van der Waals surface area contributed by atoms with Crippen molar-refractivity contribution < 1.29 is 4.57 Å². The van der Waals surface area contributed by atoms with Crippen LogP contribution in [0.2, 0.25) is 16.6 Å². The van der Waals surface area contributed by atoms with Crippen molar-refractivity contribution >= 4 is 24.0 Å². The highest BCUT2D eigenvalue weighted by Gasteiger charge is 2.50. The van der Waals surface area contributed by atoms with Crippen LogP contribution in [-0.4, -0.2) is 8.07 Å². The van der Waals surface area contributed by atoms with Crippen LogP contribution in [0.15, 0.2) is 54.7 Å². The molecule has 0 saturated heterocycles. The first-order valence-corrected chi connectivity index (χ1v) is 12.9. The van der Waals surface area contributed by atoms with E-state index in [1.807, 2.05) is 0 Å². The minimum Gasteiger partial charge on any atom is -0.200 e. The van der Waals surface area contributed by atoms with Gasteiger partial charge in [0.1, 0.15) is 7.05 Å². The Morgan fingerprint density at radius 3 is 2.00 bits per heavy atom. The summed E-state index contributed by atoms with van der Waals surface area (Å²) in [6, 6.07) is 18.2. The maximum Gasteiger partial charge on any atom is 0.220 e. The SMILES string of the molecule is Cc1ccccc1-c1c2ccc([Si](C)(C(C)(C)C)C(C)(C)C)cc2cc[n+]1C. The predicted octanol–water partition coefficient (Wildman–Crippen LogP) is 6.53. The zero-order valence-corrected chi connectivity index (χ0v) is 20.1. The fourth-order valence-corrected chi connectivity index (χ4v) is 9.69. The Morgan fingerprint density at radius 1 is 0.821 bits per heavy atom. The van der Waals surface area contributed by atoms with Gasteiger partial charge in [-0.15, -0.1) is 0 Å². The van der Waals surface area contributed by atoms with Crippen LogP contribution in [0.3, 0.4) is 0 Å². The lowest BCUT2D eigenvalue weighted by Crippen LogP contribution is -2.58. The third kappa shape index (κ3) is 3.22. The van der Waals surface area contributed by atoms with Gasteiger partial charge in [0.2, 0.25) is 5.69 Å². The molecule has 3 aromatic rings. The largest absolute Gasteiger partial charge is 0.220 e. The molecule has 28 heavy (non-hydrogen) atoms. The van der Waals surface area contributed by atoms with E-state index in [1.54, 1.807) is 5.19 Å². The van der Waals surface area contributed by atoms with Gasteiger partial charge in [0.15, 0.2) is 6.20 Å². The molecule has 2 heteroatoms. The van der Waals surface area contributed by atoms with Gasteiger partial charge >= 0.3 is 0 Å². The highest BCUT2D eigenvalue weighted by molar-refractivity contribution is 6.95. The summed E-state index contributed by atoms with van der Waals surface area (Å²) < 4.78 is 2.26. The average molecular weight is 391 g/mol. The van der Waals surface area contributed by atoms with Gasteiger partial charge in [0, 0.05) is 11.6 Å². The van der Waals surface area contributed by atoms with E-state index in [4.69, 9.17) is 0 Å². The Balaban J connectivity index is 2.30. The van der Waals surface area contributed by atoms with Crippen LogP contribution in [0, 0.1) is 6.92 Å². The fourth-order valence-electron chi connectivity index (χ4n) is 4.85. The molecule has 2 aromatic carbocycles. The van der Waals surface area contributed by atoms with Crippen LogP contribution in [0.25, 0.3) is 22.0 Å². The maximum atomic E-state index is 2.57. The Labute approximate surface area is 172 Å². The molecule has 1 heterocycles. The van der Waals surface area contributed by atoms with Crippen molar-refractivity contribution in [3.63, 3.8) is 0 Å². The zero-order valence-electron chi connectivity index (χ0n) is 19.1. The van der Waals surface area contributed by atoms with Gasteiger partial charge in [0.05, 0.1) is 13.5 Å². The van der Waals surface area contributed by atoms with Crippen LogP contribution in [0.5, 0.6) is 0 Å². The summed E-state index contributed by atoms with van der Waals surface area (Å²) in [7, 11) is 0.377. The summed E-state index contributed by atoms with van der Waals surface area (Å²) in [6.45, 7) is 19.3. The Bertz CT molecular complexity index is 1000. The summed E-state index contributed by atoms with van der Waals surface area (Å²) in [5.74, 6) is 0. The van der Waals surface area contributed by atoms with Crippen molar-refractivity contribution in [1.29, 1.82) is 0 Å². The van der Waals surface area contributed by atoms with E-state index in [2.05, 4.69) is 121 Å². The first kappa shape index (κ1) is 20.8. The average Bonchev–Trinajstić information content (AvgIpc) is 2.59. The molecular weight excluding hydrogens is 354 g/mol. The number of pyridine rings is 1. The molecule has 0 fully saturated rings. The molecule has 0 unspecified atom stereocenters. The Hall–Kier alpha value is -1.93. The number of nitrogens with zero attached hydrogens (tertiary/aromatic N) is 1. The number of fused-ring (bicyclic) bond motifs is 1. The lowest BCUT2D eigenvalue weighted by molar-refractivity contribution is -0.659. The van der Waals surface area contributed by atoms with Gasteiger partial charge < -0.3 is 0 Å². The predicted molar refractivity (Wildman–Crippen MR) is 126 cm³/mol. The standard InChI is InChI=1S/C26H36NSi/c1-19-12-10-11-13-22(19)24-23-15-14-21(18-20(23)16-17-27(24)8)28(9,25(2,3)4)26(5,6)7/h10-18H,1-9H3/q+1. The van der Waals surface area contributed by atoms with Crippen LogP contribution in [0.4, 0.5) is 0 Å². The molecule has 0 aliphatic rings. The van der Waals surface area contributed by atoms with Crippen molar-refractivity contribution in [2.45, 2.75) is 65.1 Å². The van der Waals surface area contributed by atoms with Gasteiger partial charge in [-0.3, -0.25) is 0 Å². The van der Waals surface area contributed by atoms with E-state index in [-0.39, 0.29) is 10.1 Å². The molecule has 0 spiro atoms. The Kier molecular flexibility index (Phi) is 5.08. The van der Waals surface area contributed by atoms with Gasteiger partial charge in [-0.05, 0) is 40.1 Å². The zero-order chi connectivity index (χ0) is 20.9. The molecule has 0 saturated carbocycles. The lowest BCUT2D eigenvalue weighted by Gasteiger charge is -2.50. The van der Waals surface area contributed by atoms with Gasteiger partial charge in [-0.25, -0.2) is 4.57 Å².